The molecule has 0 radical (unpaired) electrons. The summed E-state index contributed by atoms with van der Waals surface area (Å²) < 4.78 is 27.3. The molecule has 5 nitrogen and oxygen atoms in total. The van der Waals surface area contributed by atoms with Crippen LogP contribution in [0.2, 0.25) is 0 Å². The zero-order chi connectivity index (χ0) is 15.4. The Balaban J connectivity index is 2.98. The standard InChI is InChI=1S/C12H13BrF2N2O3/c1-6(2)7(13)5-16-12(18)10-8(14)3-4-9(11(10)15)17(19)20/h3-4,6-7H,5H2,1-2H3,(H,16,18). The van der Waals surface area contributed by atoms with E-state index in [2.05, 4.69) is 21.2 Å². The molecule has 0 spiro atoms. The van der Waals surface area contributed by atoms with E-state index in [9.17, 15) is 23.7 Å². The monoisotopic (exact) mass is 350 g/mol. The Bertz CT molecular complexity index is 538. The van der Waals surface area contributed by atoms with E-state index in [0.717, 1.165) is 0 Å². The van der Waals surface area contributed by atoms with Crippen LogP contribution in [0.3, 0.4) is 0 Å². The average Bonchev–Trinajstić information content (AvgIpc) is 2.35. The van der Waals surface area contributed by atoms with Crippen LogP contribution in [0.4, 0.5) is 14.5 Å². The Morgan fingerprint density at radius 3 is 2.55 bits per heavy atom. The quantitative estimate of drug-likeness (QED) is 0.504. The van der Waals surface area contributed by atoms with Crippen molar-refractivity contribution in [2.45, 2.75) is 18.7 Å². The van der Waals surface area contributed by atoms with Crippen molar-refractivity contribution in [3.05, 3.63) is 39.4 Å². The molecular formula is C12H13BrF2N2O3. The average molecular weight is 351 g/mol. The largest absolute Gasteiger partial charge is 0.351 e. The second-order valence-corrected chi connectivity index (χ2v) is 5.66. The predicted molar refractivity (Wildman–Crippen MR) is 72.9 cm³/mol. The first-order valence-corrected chi connectivity index (χ1v) is 6.72. The number of halogens is 3. The minimum atomic E-state index is -1.47. The van der Waals surface area contributed by atoms with Gasteiger partial charge in [-0.25, -0.2) is 4.39 Å². The first kappa shape index (κ1) is 16.5. The molecule has 1 rings (SSSR count). The number of benzene rings is 1. The summed E-state index contributed by atoms with van der Waals surface area (Å²) in [5, 5.41) is 12.9. The second-order valence-electron chi connectivity index (χ2n) is 4.48. The molecule has 1 unspecified atom stereocenters. The molecule has 0 fully saturated rings. The number of nitro benzene ring substituents is 1. The molecule has 1 amide bonds. The summed E-state index contributed by atoms with van der Waals surface area (Å²) in [5.74, 6) is -3.42. The number of alkyl halides is 1. The second kappa shape index (κ2) is 6.74. The Labute approximate surface area is 122 Å². The highest BCUT2D eigenvalue weighted by atomic mass is 79.9. The van der Waals surface area contributed by atoms with E-state index >= 15 is 0 Å². The summed E-state index contributed by atoms with van der Waals surface area (Å²) in [6.07, 6.45) is 0. The van der Waals surface area contributed by atoms with Crippen LogP contribution in [0.15, 0.2) is 12.1 Å². The van der Waals surface area contributed by atoms with Gasteiger partial charge in [-0.15, -0.1) is 0 Å². The van der Waals surface area contributed by atoms with Crippen LogP contribution >= 0.6 is 15.9 Å². The van der Waals surface area contributed by atoms with Crippen molar-refractivity contribution in [2.75, 3.05) is 6.54 Å². The summed E-state index contributed by atoms with van der Waals surface area (Å²) in [6.45, 7) is 3.96. The van der Waals surface area contributed by atoms with Gasteiger partial charge < -0.3 is 5.32 Å². The maximum atomic E-state index is 13.8. The topological polar surface area (TPSA) is 72.2 Å². The molecule has 0 saturated heterocycles. The zero-order valence-corrected chi connectivity index (χ0v) is 12.4. The number of carbonyl (C=O) groups excluding carboxylic acids is 1. The van der Waals surface area contributed by atoms with Crippen LogP contribution in [0.5, 0.6) is 0 Å². The lowest BCUT2D eigenvalue weighted by molar-refractivity contribution is -0.387. The first-order valence-electron chi connectivity index (χ1n) is 5.80. The van der Waals surface area contributed by atoms with Crippen molar-refractivity contribution in [3.8, 4) is 0 Å². The van der Waals surface area contributed by atoms with Crippen LogP contribution in [0.1, 0.15) is 24.2 Å². The molecule has 20 heavy (non-hydrogen) atoms. The normalized spacial score (nSPS) is 12.3. The Kier molecular flexibility index (Phi) is 5.55. The van der Waals surface area contributed by atoms with E-state index in [-0.39, 0.29) is 17.3 Å². The molecule has 0 aliphatic rings. The van der Waals surface area contributed by atoms with E-state index in [1.807, 2.05) is 13.8 Å². The lowest BCUT2D eigenvalue weighted by Gasteiger charge is -2.14. The van der Waals surface area contributed by atoms with Gasteiger partial charge in [0.1, 0.15) is 11.4 Å². The first-order chi connectivity index (χ1) is 9.25. The van der Waals surface area contributed by atoms with Crippen LogP contribution in [0, 0.1) is 27.7 Å². The summed E-state index contributed by atoms with van der Waals surface area (Å²) in [6, 6.07) is 1.38. The molecular weight excluding hydrogens is 338 g/mol. The maximum Gasteiger partial charge on any atom is 0.305 e. The third-order valence-electron chi connectivity index (χ3n) is 2.68. The van der Waals surface area contributed by atoms with Gasteiger partial charge in [0.15, 0.2) is 0 Å². The van der Waals surface area contributed by atoms with E-state index < -0.39 is 33.7 Å². The molecule has 0 saturated carbocycles. The molecule has 0 bridgehead atoms. The molecule has 0 heterocycles. The molecule has 110 valence electrons. The van der Waals surface area contributed by atoms with Gasteiger partial charge in [0.25, 0.3) is 5.91 Å². The van der Waals surface area contributed by atoms with Gasteiger partial charge in [0.2, 0.25) is 5.82 Å². The van der Waals surface area contributed by atoms with Crippen molar-refractivity contribution in [1.82, 2.24) is 5.32 Å². The van der Waals surface area contributed by atoms with E-state index in [1.165, 1.54) is 0 Å². The van der Waals surface area contributed by atoms with Gasteiger partial charge >= 0.3 is 5.69 Å². The van der Waals surface area contributed by atoms with Crippen molar-refractivity contribution in [1.29, 1.82) is 0 Å². The summed E-state index contributed by atoms with van der Waals surface area (Å²) in [5.41, 5.74) is -1.88. The van der Waals surface area contributed by atoms with Crippen LogP contribution in [-0.2, 0) is 0 Å². The Hall–Kier alpha value is -1.57. The highest BCUT2D eigenvalue weighted by Gasteiger charge is 2.26. The summed E-state index contributed by atoms with van der Waals surface area (Å²) in [4.78, 5) is 21.2. The molecule has 1 aromatic rings. The molecule has 0 aromatic heterocycles. The van der Waals surface area contributed by atoms with Gasteiger partial charge in [-0.2, -0.15) is 4.39 Å². The molecule has 0 aliphatic carbocycles. The third kappa shape index (κ3) is 3.72. The fourth-order valence-electron chi connectivity index (χ4n) is 1.40. The zero-order valence-electron chi connectivity index (χ0n) is 10.8. The van der Waals surface area contributed by atoms with Crippen molar-refractivity contribution in [2.24, 2.45) is 5.92 Å². The van der Waals surface area contributed by atoms with Crippen LogP contribution in [0.25, 0.3) is 0 Å². The third-order valence-corrected chi connectivity index (χ3v) is 4.06. The highest BCUT2D eigenvalue weighted by molar-refractivity contribution is 9.09. The highest BCUT2D eigenvalue weighted by Crippen LogP contribution is 2.23. The number of hydrogen-bond donors (Lipinski definition) is 1. The summed E-state index contributed by atoms with van der Waals surface area (Å²) >= 11 is 3.31. The van der Waals surface area contributed by atoms with Gasteiger partial charge in [0.05, 0.1) is 4.92 Å². The number of carbonyl (C=O) groups is 1. The Morgan fingerprint density at radius 2 is 2.05 bits per heavy atom. The van der Waals surface area contributed by atoms with E-state index in [4.69, 9.17) is 0 Å². The van der Waals surface area contributed by atoms with Gasteiger partial charge in [0, 0.05) is 17.4 Å². The molecule has 8 heteroatoms. The molecule has 1 atom stereocenters. The number of nitrogens with zero attached hydrogens (tertiary/aromatic N) is 1. The fourth-order valence-corrected chi connectivity index (χ4v) is 1.57. The van der Waals surface area contributed by atoms with Crippen molar-refractivity contribution >= 4 is 27.5 Å². The Morgan fingerprint density at radius 1 is 1.45 bits per heavy atom. The van der Waals surface area contributed by atoms with Crippen molar-refractivity contribution < 1.29 is 18.5 Å². The fraction of sp³-hybridized carbons (Fsp3) is 0.417. The minimum absolute atomic E-state index is 0.0729. The number of nitrogens with one attached hydrogen (secondary N) is 1. The maximum absolute atomic E-state index is 13.8. The molecule has 1 aromatic carbocycles. The number of amides is 1. The van der Waals surface area contributed by atoms with Crippen molar-refractivity contribution in [3.63, 3.8) is 0 Å². The number of nitro groups is 1. The van der Waals surface area contributed by atoms with Gasteiger partial charge in [-0.1, -0.05) is 29.8 Å². The molecule has 0 aliphatic heterocycles. The predicted octanol–water partition coefficient (Wildman–Crippen LogP) is 3.02. The molecule has 1 N–H and O–H groups in total. The van der Waals surface area contributed by atoms with Crippen LogP contribution < -0.4 is 5.32 Å². The lowest BCUT2D eigenvalue weighted by atomic mass is 10.1. The number of hydrogen-bond acceptors (Lipinski definition) is 3. The smallest absolute Gasteiger partial charge is 0.305 e. The summed E-state index contributed by atoms with van der Waals surface area (Å²) in [7, 11) is 0. The van der Waals surface area contributed by atoms with Crippen LogP contribution in [-0.4, -0.2) is 22.2 Å². The van der Waals surface area contributed by atoms with Gasteiger partial charge in [-0.05, 0) is 12.0 Å². The minimum Gasteiger partial charge on any atom is -0.351 e. The van der Waals surface area contributed by atoms with E-state index in [0.29, 0.717) is 12.1 Å². The van der Waals surface area contributed by atoms with E-state index in [1.54, 1.807) is 0 Å². The lowest BCUT2D eigenvalue weighted by Crippen LogP contribution is -2.33. The van der Waals surface area contributed by atoms with Gasteiger partial charge in [-0.3, -0.25) is 14.9 Å². The number of rotatable bonds is 5. The SMILES string of the molecule is CC(C)C(Br)CNC(=O)c1c(F)ccc([N+](=O)[O-])c1F.